The van der Waals surface area contributed by atoms with Crippen LogP contribution in [0.15, 0.2) is 59.8 Å². The van der Waals surface area contributed by atoms with E-state index in [1.165, 1.54) is 5.56 Å². The Bertz CT molecular complexity index is 733. The summed E-state index contributed by atoms with van der Waals surface area (Å²) < 4.78 is 2.15. The average Bonchev–Trinajstić information content (AvgIpc) is 2.98. The van der Waals surface area contributed by atoms with Crippen LogP contribution in [0.1, 0.15) is 18.9 Å². The highest BCUT2D eigenvalue weighted by molar-refractivity contribution is 7.99. The predicted octanol–water partition coefficient (Wildman–Crippen LogP) is 4.74. The van der Waals surface area contributed by atoms with Crippen LogP contribution in [0.5, 0.6) is 0 Å². The summed E-state index contributed by atoms with van der Waals surface area (Å²) in [7, 11) is 0. The van der Waals surface area contributed by atoms with E-state index in [0.29, 0.717) is 0 Å². The zero-order valence-corrected chi connectivity index (χ0v) is 13.7. The maximum atomic E-state index is 4.43. The van der Waals surface area contributed by atoms with E-state index in [-0.39, 0.29) is 0 Å². The summed E-state index contributed by atoms with van der Waals surface area (Å²) in [5, 5.41) is 9.78. The standard InChI is InChI=1S/C18H19N3S/c1-3-13-22-18-20-19-17(15-7-5-4-6-8-15)21(18)16-11-9-14(2)10-12-16/h4-12H,3,13H2,1-2H3. The van der Waals surface area contributed by atoms with Crippen molar-refractivity contribution in [3.63, 3.8) is 0 Å². The first-order chi connectivity index (χ1) is 10.8. The molecule has 0 N–H and O–H groups in total. The van der Waals surface area contributed by atoms with Crippen molar-refractivity contribution in [2.75, 3.05) is 5.75 Å². The molecule has 0 spiro atoms. The predicted molar refractivity (Wildman–Crippen MR) is 92.5 cm³/mol. The van der Waals surface area contributed by atoms with Gasteiger partial charge in [0.15, 0.2) is 11.0 Å². The lowest BCUT2D eigenvalue weighted by Gasteiger charge is -2.10. The second kappa shape index (κ2) is 6.79. The average molecular weight is 309 g/mol. The monoisotopic (exact) mass is 309 g/mol. The summed E-state index contributed by atoms with van der Waals surface area (Å²) in [5.41, 5.74) is 3.44. The van der Waals surface area contributed by atoms with E-state index in [2.05, 4.69) is 65.0 Å². The highest BCUT2D eigenvalue weighted by Crippen LogP contribution is 2.28. The van der Waals surface area contributed by atoms with Crippen LogP contribution in [0.4, 0.5) is 0 Å². The van der Waals surface area contributed by atoms with Crippen LogP contribution >= 0.6 is 11.8 Å². The van der Waals surface area contributed by atoms with Gasteiger partial charge in [-0.2, -0.15) is 0 Å². The smallest absolute Gasteiger partial charge is 0.196 e. The molecule has 0 fully saturated rings. The van der Waals surface area contributed by atoms with Crippen LogP contribution in [0.3, 0.4) is 0 Å². The van der Waals surface area contributed by atoms with Gasteiger partial charge in [0, 0.05) is 17.0 Å². The van der Waals surface area contributed by atoms with E-state index in [4.69, 9.17) is 0 Å². The number of benzene rings is 2. The Kier molecular flexibility index (Phi) is 4.59. The quantitative estimate of drug-likeness (QED) is 0.637. The fourth-order valence-electron chi connectivity index (χ4n) is 2.26. The first-order valence-electron chi connectivity index (χ1n) is 7.50. The van der Waals surface area contributed by atoms with E-state index in [9.17, 15) is 0 Å². The number of nitrogens with zero attached hydrogens (tertiary/aromatic N) is 3. The molecule has 2 aromatic carbocycles. The molecule has 0 aliphatic rings. The van der Waals surface area contributed by atoms with Crippen molar-refractivity contribution in [3.8, 4) is 17.1 Å². The van der Waals surface area contributed by atoms with Gasteiger partial charge in [0.25, 0.3) is 0 Å². The molecule has 0 radical (unpaired) electrons. The Morgan fingerprint density at radius 3 is 2.36 bits per heavy atom. The molecule has 0 saturated carbocycles. The molecule has 1 heterocycles. The summed E-state index contributed by atoms with van der Waals surface area (Å²) >= 11 is 1.75. The van der Waals surface area contributed by atoms with Gasteiger partial charge in [-0.1, -0.05) is 66.7 Å². The molecule has 4 heteroatoms. The third-order valence-corrected chi connectivity index (χ3v) is 4.53. The van der Waals surface area contributed by atoms with Gasteiger partial charge in [-0.15, -0.1) is 10.2 Å². The highest BCUT2D eigenvalue weighted by atomic mass is 32.2. The van der Waals surface area contributed by atoms with Crippen LogP contribution in [0.2, 0.25) is 0 Å². The van der Waals surface area contributed by atoms with E-state index in [0.717, 1.165) is 34.4 Å². The van der Waals surface area contributed by atoms with Crippen molar-refractivity contribution in [2.24, 2.45) is 0 Å². The molecule has 3 nitrogen and oxygen atoms in total. The van der Waals surface area contributed by atoms with Crippen molar-refractivity contribution < 1.29 is 0 Å². The topological polar surface area (TPSA) is 30.7 Å². The molecule has 3 aromatic rings. The Labute approximate surface area is 135 Å². The third kappa shape index (κ3) is 3.07. The second-order valence-corrected chi connectivity index (χ2v) is 6.25. The normalized spacial score (nSPS) is 10.8. The van der Waals surface area contributed by atoms with Crippen molar-refractivity contribution in [1.82, 2.24) is 14.8 Å². The molecule has 0 amide bonds. The first-order valence-corrected chi connectivity index (χ1v) is 8.49. The van der Waals surface area contributed by atoms with E-state index in [1.54, 1.807) is 11.8 Å². The van der Waals surface area contributed by atoms with Crippen molar-refractivity contribution in [2.45, 2.75) is 25.4 Å². The number of thioether (sulfide) groups is 1. The van der Waals surface area contributed by atoms with E-state index < -0.39 is 0 Å². The molecule has 22 heavy (non-hydrogen) atoms. The Balaban J connectivity index is 2.11. The number of hydrogen-bond donors (Lipinski definition) is 0. The summed E-state index contributed by atoms with van der Waals surface area (Å²) in [6.07, 6.45) is 1.12. The van der Waals surface area contributed by atoms with Gasteiger partial charge in [-0.3, -0.25) is 4.57 Å². The second-order valence-electron chi connectivity index (χ2n) is 5.19. The van der Waals surface area contributed by atoms with Gasteiger partial charge < -0.3 is 0 Å². The lowest BCUT2D eigenvalue weighted by molar-refractivity contribution is 0.883. The van der Waals surface area contributed by atoms with Crippen molar-refractivity contribution >= 4 is 11.8 Å². The van der Waals surface area contributed by atoms with Crippen LogP contribution in [0, 0.1) is 6.92 Å². The highest BCUT2D eigenvalue weighted by Gasteiger charge is 2.15. The molecule has 0 unspecified atom stereocenters. The zero-order chi connectivity index (χ0) is 15.4. The maximum absolute atomic E-state index is 4.43. The third-order valence-electron chi connectivity index (χ3n) is 3.39. The maximum Gasteiger partial charge on any atom is 0.196 e. The van der Waals surface area contributed by atoms with Crippen molar-refractivity contribution in [1.29, 1.82) is 0 Å². The number of aromatic nitrogens is 3. The Morgan fingerprint density at radius 2 is 1.68 bits per heavy atom. The Morgan fingerprint density at radius 1 is 0.955 bits per heavy atom. The first kappa shape index (κ1) is 14.9. The molecule has 0 bridgehead atoms. The van der Waals surface area contributed by atoms with Crippen molar-refractivity contribution in [3.05, 3.63) is 60.2 Å². The molecule has 0 atom stereocenters. The molecule has 0 aliphatic carbocycles. The van der Waals surface area contributed by atoms with Gasteiger partial charge >= 0.3 is 0 Å². The lowest BCUT2D eigenvalue weighted by atomic mass is 10.2. The fraction of sp³-hybridized carbons (Fsp3) is 0.222. The summed E-state index contributed by atoms with van der Waals surface area (Å²) in [4.78, 5) is 0. The minimum atomic E-state index is 0.892. The molecule has 1 aromatic heterocycles. The minimum absolute atomic E-state index is 0.892. The molecular weight excluding hydrogens is 290 g/mol. The van der Waals surface area contributed by atoms with Crippen LogP contribution < -0.4 is 0 Å². The van der Waals surface area contributed by atoms with E-state index >= 15 is 0 Å². The molecular formula is C18H19N3S. The lowest BCUT2D eigenvalue weighted by Crippen LogP contribution is -2.00. The number of hydrogen-bond acceptors (Lipinski definition) is 3. The van der Waals surface area contributed by atoms with Gasteiger partial charge in [-0.05, 0) is 25.5 Å². The summed E-state index contributed by atoms with van der Waals surface area (Å²) in [6.45, 7) is 4.28. The summed E-state index contributed by atoms with van der Waals surface area (Å²) in [6, 6.07) is 18.7. The summed E-state index contributed by atoms with van der Waals surface area (Å²) in [5.74, 6) is 1.93. The zero-order valence-electron chi connectivity index (χ0n) is 12.9. The molecule has 0 aliphatic heterocycles. The fourth-order valence-corrected chi connectivity index (χ4v) is 3.06. The SMILES string of the molecule is CCCSc1nnc(-c2ccccc2)n1-c1ccc(C)cc1. The Hall–Kier alpha value is -2.07. The van der Waals surface area contributed by atoms with Crippen LogP contribution in [-0.4, -0.2) is 20.5 Å². The van der Waals surface area contributed by atoms with Crippen LogP contribution in [0.25, 0.3) is 17.1 Å². The molecule has 112 valence electrons. The van der Waals surface area contributed by atoms with Crippen LogP contribution in [-0.2, 0) is 0 Å². The van der Waals surface area contributed by atoms with E-state index in [1.807, 2.05) is 18.2 Å². The minimum Gasteiger partial charge on any atom is -0.270 e. The molecule has 0 saturated heterocycles. The van der Waals surface area contributed by atoms with Gasteiger partial charge in [-0.25, -0.2) is 0 Å². The van der Waals surface area contributed by atoms with Gasteiger partial charge in [0.2, 0.25) is 0 Å². The largest absolute Gasteiger partial charge is 0.270 e. The molecule has 3 rings (SSSR count). The number of aryl methyl sites for hydroxylation is 1. The van der Waals surface area contributed by atoms with Gasteiger partial charge in [0.1, 0.15) is 0 Å². The van der Waals surface area contributed by atoms with Gasteiger partial charge in [0.05, 0.1) is 0 Å². The number of rotatable bonds is 5.